The molecule has 11 heteroatoms. The summed E-state index contributed by atoms with van der Waals surface area (Å²) in [4.78, 5) is 24.2. The number of aromatic nitrogens is 5. The number of para-hydroxylation sites is 1. The van der Waals surface area contributed by atoms with Gasteiger partial charge in [-0.25, -0.2) is 14.6 Å². The second-order valence-electron chi connectivity index (χ2n) is 10.4. The molecule has 11 nitrogen and oxygen atoms in total. The van der Waals surface area contributed by atoms with Gasteiger partial charge in [0.25, 0.3) is 0 Å². The summed E-state index contributed by atoms with van der Waals surface area (Å²) in [6.07, 6.45) is 2.67. The van der Waals surface area contributed by atoms with Crippen LogP contribution in [0.15, 0.2) is 54.9 Å². The number of rotatable bonds is 9. The highest BCUT2D eigenvalue weighted by atomic mass is 16.5. The molecular formula is C30H34N8O3. The smallest absolute Gasteiger partial charge is 0.230 e. The van der Waals surface area contributed by atoms with Gasteiger partial charge in [0.05, 0.1) is 37.3 Å². The number of nitrogens with one attached hydrogen (secondary N) is 1. The van der Waals surface area contributed by atoms with Gasteiger partial charge in [-0.3, -0.25) is 9.69 Å². The van der Waals surface area contributed by atoms with E-state index >= 15 is 0 Å². The Balaban J connectivity index is 1.27. The molecule has 0 bridgehead atoms. The predicted octanol–water partition coefficient (Wildman–Crippen LogP) is 3.65. The molecule has 0 spiro atoms. The molecule has 0 radical (unpaired) electrons. The van der Waals surface area contributed by atoms with Gasteiger partial charge >= 0.3 is 0 Å². The maximum atomic E-state index is 13.1. The molecule has 3 N–H and O–H groups in total. The molecule has 1 atom stereocenters. The highest BCUT2D eigenvalue weighted by Crippen LogP contribution is 2.37. The number of anilines is 2. The number of nitrogen functional groups attached to an aromatic ring is 1. The maximum absolute atomic E-state index is 13.1. The third-order valence-corrected chi connectivity index (χ3v) is 7.86. The van der Waals surface area contributed by atoms with Gasteiger partial charge in [0.15, 0.2) is 5.65 Å². The Morgan fingerprint density at radius 3 is 2.80 bits per heavy atom. The summed E-state index contributed by atoms with van der Waals surface area (Å²) in [6.45, 7) is 3.39. The van der Waals surface area contributed by atoms with E-state index < -0.39 is 0 Å². The number of carbonyl (C=O) groups is 1. The molecule has 6 rings (SSSR count). The normalized spacial score (nSPS) is 15.6. The molecule has 0 saturated carbocycles. The van der Waals surface area contributed by atoms with Crippen molar-refractivity contribution in [2.24, 2.45) is 7.05 Å². The van der Waals surface area contributed by atoms with Gasteiger partial charge in [-0.05, 0) is 36.1 Å². The Bertz CT molecular complexity index is 1730. The van der Waals surface area contributed by atoms with E-state index in [0.29, 0.717) is 40.6 Å². The van der Waals surface area contributed by atoms with Gasteiger partial charge in [-0.15, -0.1) is 0 Å². The van der Waals surface area contributed by atoms with Crippen molar-refractivity contribution in [3.63, 3.8) is 0 Å². The minimum Gasteiger partial charge on any atom is -0.495 e. The van der Waals surface area contributed by atoms with E-state index in [-0.39, 0.29) is 18.4 Å². The van der Waals surface area contributed by atoms with Crippen molar-refractivity contribution in [2.75, 3.05) is 51.5 Å². The molecule has 5 aromatic rings. The van der Waals surface area contributed by atoms with Gasteiger partial charge in [-0.1, -0.05) is 24.3 Å². The number of nitrogens with zero attached hydrogens (tertiary/aromatic N) is 6. The van der Waals surface area contributed by atoms with Crippen LogP contribution in [0.3, 0.4) is 0 Å². The van der Waals surface area contributed by atoms with Crippen LogP contribution in [0, 0.1) is 0 Å². The lowest BCUT2D eigenvalue weighted by atomic mass is 10.1. The molecule has 1 saturated heterocycles. The lowest BCUT2D eigenvalue weighted by molar-refractivity contribution is -0.115. The van der Waals surface area contributed by atoms with Crippen LogP contribution in [0.5, 0.6) is 5.75 Å². The molecule has 1 aliphatic heterocycles. The molecule has 0 aliphatic carbocycles. The first-order valence-corrected chi connectivity index (χ1v) is 13.7. The van der Waals surface area contributed by atoms with Gasteiger partial charge in [0.2, 0.25) is 5.91 Å². The van der Waals surface area contributed by atoms with Crippen molar-refractivity contribution in [2.45, 2.75) is 18.9 Å². The van der Waals surface area contributed by atoms with Crippen LogP contribution >= 0.6 is 0 Å². The lowest BCUT2D eigenvalue weighted by Crippen LogP contribution is -2.25. The van der Waals surface area contributed by atoms with Crippen LogP contribution in [-0.4, -0.2) is 75.6 Å². The fourth-order valence-corrected chi connectivity index (χ4v) is 5.70. The lowest BCUT2D eigenvalue weighted by Gasteiger charge is -2.15. The number of methoxy groups -OCH3 is 2. The first-order valence-electron chi connectivity index (χ1n) is 13.7. The van der Waals surface area contributed by atoms with Gasteiger partial charge in [-0.2, -0.15) is 5.10 Å². The van der Waals surface area contributed by atoms with E-state index in [1.54, 1.807) is 14.2 Å². The number of hydrogen-bond acceptors (Lipinski definition) is 8. The third kappa shape index (κ3) is 5.09. The third-order valence-electron chi connectivity index (χ3n) is 7.86. The molecule has 1 aliphatic rings. The van der Waals surface area contributed by atoms with Crippen LogP contribution in [0.1, 0.15) is 18.2 Å². The number of hydrogen-bond donors (Lipinski definition) is 2. The first kappa shape index (κ1) is 26.7. The van der Waals surface area contributed by atoms with E-state index in [1.165, 1.54) is 6.33 Å². The summed E-state index contributed by atoms with van der Waals surface area (Å²) in [7, 11) is 5.28. The Morgan fingerprint density at radius 1 is 1.15 bits per heavy atom. The quantitative estimate of drug-likeness (QED) is 0.283. The summed E-state index contributed by atoms with van der Waals surface area (Å²) in [5.41, 5.74) is 11.1. The number of amides is 1. The van der Waals surface area contributed by atoms with Crippen LogP contribution < -0.4 is 15.8 Å². The number of nitrogens with two attached hydrogens (primary N) is 1. The highest BCUT2D eigenvalue weighted by Gasteiger charge is 2.28. The summed E-state index contributed by atoms with van der Waals surface area (Å²) in [5, 5.41) is 9.82. The van der Waals surface area contributed by atoms with Crippen molar-refractivity contribution in [1.82, 2.24) is 29.2 Å². The number of ether oxygens (including phenoxy) is 2. The van der Waals surface area contributed by atoms with Gasteiger partial charge in [0.1, 0.15) is 23.6 Å². The SMILES string of the molecule is COCCN1CCC(n2nc(-c3ccc(NC(=O)Cc4cc5ccccc5n4C)c(OC)c3)c3c(N)ncnc32)C1. The maximum Gasteiger partial charge on any atom is 0.230 e. The van der Waals surface area contributed by atoms with E-state index in [9.17, 15) is 4.79 Å². The minimum absolute atomic E-state index is 0.131. The zero-order chi connectivity index (χ0) is 28.5. The summed E-state index contributed by atoms with van der Waals surface area (Å²) >= 11 is 0. The Labute approximate surface area is 237 Å². The van der Waals surface area contributed by atoms with Crippen molar-refractivity contribution >= 4 is 39.3 Å². The van der Waals surface area contributed by atoms with Crippen molar-refractivity contribution in [3.8, 4) is 17.0 Å². The van der Waals surface area contributed by atoms with Crippen LogP contribution in [0.25, 0.3) is 33.2 Å². The zero-order valence-corrected chi connectivity index (χ0v) is 23.5. The fraction of sp³-hybridized carbons (Fsp3) is 0.333. The number of benzene rings is 2. The molecule has 212 valence electrons. The van der Waals surface area contributed by atoms with Crippen LogP contribution in [0.4, 0.5) is 11.5 Å². The standard InChI is InChI=1S/C30H34N8O3/c1-36-22(14-19-6-4-5-7-24(19)36)16-26(39)34-23-9-8-20(15-25(23)41-3)28-27-29(31)32-18-33-30(27)38(35-28)21-10-11-37(17-21)12-13-40-2/h4-9,14-15,18,21H,10-13,16-17H2,1-3H3,(H,34,39)(H2,31,32,33). The molecular weight excluding hydrogens is 520 g/mol. The number of fused-ring (bicyclic) bond motifs is 2. The monoisotopic (exact) mass is 554 g/mol. The number of aryl methyl sites for hydroxylation is 1. The van der Waals surface area contributed by atoms with Gasteiger partial charge < -0.3 is 25.1 Å². The van der Waals surface area contributed by atoms with Crippen LogP contribution in [-0.2, 0) is 23.0 Å². The van der Waals surface area contributed by atoms with E-state index in [0.717, 1.165) is 48.2 Å². The highest BCUT2D eigenvalue weighted by molar-refractivity contribution is 6.00. The average Bonchev–Trinajstić information content (AvgIpc) is 3.69. The van der Waals surface area contributed by atoms with E-state index in [1.807, 2.05) is 64.8 Å². The molecule has 1 unspecified atom stereocenters. The largest absolute Gasteiger partial charge is 0.495 e. The second kappa shape index (κ2) is 11.2. The van der Waals surface area contributed by atoms with Crippen LogP contribution in [0.2, 0.25) is 0 Å². The number of carbonyl (C=O) groups excluding carboxylic acids is 1. The minimum atomic E-state index is -0.131. The van der Waals surface area contributed by atoms with Crippen molar-refractivity contribution in [3.05, 3.63) is 60.6 Å². The van der Waals surface area contributed by atoms with E-state index in [4.69, 9.17) is 20.3 Å². The molecule has 3 aromatic heterocycles. The Kier molecular flexibility index (Phi) is 7.29. The fourth-order valence-electron chi connectivity index (χ4n) is 5.70. The zero-order valence-electron chi connectivity index (χ0n) is 23.5. The van der Waals surface area contributed by atoms with Crippen molar-refractivity contribution < 1.29 is 14.3 Å². The first-order chi connectivity index (χ1) is 20.0. The second-order valence-corrected chi connectivity index (χ2v) is 10.4. The molecule has 1 amide bonds. The predicted molar refractivity (Wildman–Crippen MR) is 159 cm³/mol. The summed E-state index contributed by atoms with van der Waals surface area (Å²) in [5.74, 6) is 0.767. The molecule has 2 aromatic carbocycles. The number of likely N-dealkylation sites (tertiary alicyclic amines) is 1. The Hall–Kier alpha value is -4.48. The molecule has 41 heavy (non-hydrogen) atoms. The summed E-state index contributed by atoms with van der Waals surface area (Å²) < 4.78 is 15.0. The molecule has 1 fully saturated rings. The summed E-state index contributed by atoms with van der Waals surface area (Å²) in [6, 6.07) is 15.9. The van der Waals surface area contributed by atoms with Gasteiger partial charge in [0, 0.05) is 50.6 Å². The van der Waals surface area contributed by atoms with Crippen molar-refractivity contribution in [1.29, 1.82) is 0 Å². The topological polar surface area (TPSA) is 125 Å². The van der Waals surface area contributed by atoms with E-state index in [2.05, 4.69) is 20.2 Å². The molecule has 4 heterocycles. The Morgan fingerprint density at radius 2 is 2.00 bits per heavy atom. The average molecular weight is 555 g/mol.